The van der Waals surface area contributed by atoms with E-state index in [1.54, 1.807) is 11.3 Å². The smallest absolute Gasteiger partial charge is 0.198 e. The molecule has 0 unspecified atom stereocenters. The van der Waals surface area contributed by atoms with Crippen LogP contribution in [0.1, 0.15) is 47.2 Å². The molecule has 0 N–H and O–H groups in total. The van der Waals surface area contributed by atoms with Gasteiger partial charge in [-0.25, -0.2) is 0 Å². The molecule has 1 aromatic rings. The van der Waals surface area contributed by atoms with Crippen LogP contribution in [0, 0.1) is 5.92 Å². The van der Waals surface area contributed by atoms with Crippen molar-refractivity contribution in [3.05, 3.63) is 21.9 Å². The number of aryl methyl sites for hydroxylation is 1. The summed E-state index contributed by atoms with van der Waals surface area (Å²) in [6, 6.07) is 3.95. The SMILES string of the molecule is CCc1ccc(C(=O)COCCC2CCC2)s1. The van der Waals surface area contributed by atoms with Gasteiger partial charge in [-0.3, -0.25) is 4.79 Å². The van der Waals surface area contributed by atoms with E-state index in [4.69, 9.17) is 4.74 Å². The molecular weight excluding hydrogens is 232 g/mol. The van der Waals surface area contributed by atoms with E-state index in [2.05, 4.69) is 6.92 Å². The van der Waals surface area contributed by atoms with Gasteiger partial charge in [-0.15, -0.1) is 11.3 Å². The maximum Gasteiger partial charge on any atom is 0.198 e. The molecule has 1 saturated carbocycles. The zero-order valence-corrected chi connectivity index (χ0v) is 11.2. The second-order valence-corrected chi connectivity index (χ2v) is 5.85. The lowest BCUT2D eigenvalue weighted by atomic mass is 9.83. The van der Waals surface area contributed by atoms with Gasteiger partial charge < -0.3 is 4.74 Å². The second-order valence-electron chi connectivity index (χ2n) is 4.68. The van der Waals surface area contributed by atoms with Gasteiger partial charge in [-0.05, 0) is 30.9 Å². The van der Waals surface area contributed by atoms with Crippen LogP contribution in [0.15, 0.2) is 12.1 Å². The summed E-state index contributed by atoms with van der Waals surface area (Å²) in [4.78, 5) is 13.9. The number of thiophene rings is 1. The van der Waals surface area contributed by atoms with Crippen molar-refractivity contribution in [1.29, 1.82) is 0 Å². The average molecular weight is 252 g/mol. The topological polar surface area (TPSA) is 26.3 Å². The third-order valence-electron chi connectivity index (χ3n) is 3.41. The fraction of sp³-hybridized carbons (Fsp3) is 0.643. The second kappa shape index (κ2) is 6.31. The van der Waals surface area contributed by atoms with E-state index < -0.39 is 0 Å². The van der Waals surface area contributed by atoms with Gasteiger partial charge in [0.05, 0.1) is 4.88 Å². The average Bonchev–Trinajstić information content (AvgIpc) is 2.74. The Balaban J connectivity index is 1.65. The van der Waals surface area contributed by atoms with Crippen molar-refractivity contribution in [1.82, 2.24) is 0 Å². The van der Waals surface area contributed by atoms with Gasteiger partial charge in [0.25, 0.3) is 0 Å². The van der Waals surface area contributed by atoms with E-state index in [1.165, 1.54) is 24.1 Å². The Kier molecular flexibility index (Phi) is 4.75. The first kappa shape index (κ1) is 12.8. The normalized spacial score (nSPS) is 15.8. The van der Waals surface area contributed by atoms with Crippen molar-refractivity contribution in [3.8, 4) is 0 Å². The summed E-state index contributed by atoms with van der Waals surface area (Å²) in [5, 5.41) is 0. The van der Waals surface area contributed by atoms with Crippen LogP contribution in [0.2, 0.25) is 0 Å². The van der Waals surface area contributed by atoms with E-state index in [-0.39, 0.29) is 12.4 Å². The number of carbonyl (C=O) groups excluding carboxylic acids is 1. The minimum atomic E-state index is 0.128. The fourth-order valence-electron chi connectivity index (χ4n) is 1.99. The number of hydrogen-bond donors (Lipinski definition) is 0. The molecule has 1 fully saturated rings. The van der Waals surface area contributed by atoms with Crippen LogP contribution >= 0.6 is 11.3 Å². The molecule has 0 aromatic carbocycles. The molecule has 0 saturated heterocycles. The van der Waals surface area contributed by atoms with Gasteiger partial charge in [-0.2, -0.15) is 0 Å². The molecule has 0 bridgehead atoms. The molecule has 0 spiro atoms. The van der Waals surface area contributed by atoms with E-state index in [0.29, 0.717) is 0 Å². The summed E-state index contributed by atoms with van der Waals surface area (Å²) >= 11 is 1.59. The third kappa shape index (κ3) is 3.65. The predicted octanol–water partition coefficient (Wildman–Crippen LogP) is 3.70. The first-order valence-electron chi connectivity index (χ1n) is 6.49. The Labute approximate surface area is 107 Å². The first-order chi connectivity index (χ1) is 8.29. The molecule has 0 aliphatic heterocycles. The summed E-state index contributed by atoms with van der Waals surface area (Å²) in [6.45, 7) is 3.09. The Morgan fingerprint density at radius 2 is 2.29 bits per heavy atom. The maximum absolute atomic E-state index is 11.8. The standard InChI is InChI=1S/C14H20O2S/c1-2-12-6-7-14(17-12)13(15)10-16-9-8-11-4-3-5-11/h6-7,11H,2-5,8-10H2,1H3. The minimum absolute atomic E-state index is 0.128. The zero-order valence-electron chi connectivity index (χ0n) is 10.4. The molecule has 17 heavy (non-hydrogen) atoms. The van der Waals surface area contributed by atoms with Crippen molar-refractivity contribution < 1.29 is 9.53 Å². The molecule has 94 valence electrons. The van der Waals surface area contributed by atoms with Crippen LogP contribution in [-0.4, -0.2) is 19.0 Å². The molecular formula is C14H20O2S. The number of Topliss-reactive ketones (excluding diaryl/α,β-unsaturated/α-hetero) is 1. The molecule has 1 heterocycles. The highest BCUT2D eigenvalue weighted by atomic mass is 32.1. The van der Waals surface area contributed by atoms with E-state index in [9.17, 15) is 4.79 Å². The van der Waals surface area contributed by atoms with E-state index >= 15 is 0 Å². The van der Waals surface area contributed by atoms with Crippen LogP contribution in [0.5, 0.6) is 0 Å². The summed E-state index contributed by atoms with van der Waals surface area (Å²) < 4.78 is 5.46. The quantitative estimate of drug-likeness (QED) is 0.546. The van der Waals surface area contributed by atoms with E-state index in [1.807, 2.05) is 12.1 Å². The van der Waals surface area contributed by atoms with Gasteiger partial charge in [-0.1, -0.05) is 26.2 Å². The molecule has 2 rings (SSSR count). The molecule has 2 nitrogen and oxygen atoms in total. The highest BCUT2D eigenvalue weighted by Crippen LogP contribution is 2.29. The van der Waals surface area contributed by atoms with Crippen LogP contribution in [0.25, 0.3) is 0 Å². The Morgan fingerprint density at radius 1 is 1.47 bits per heavy atom. The molecule has 1 aliphatic carbocycles. The lowest BCUT2D eigenvalue weighted by Gasteiger charge is -2.24. The maximum atomic E-state index is 11.8. The van der Waals surface area contributed by atoms with Gasteiger partial charge in [0, 0.05) is 11.5 Å². The van der Waals surface area contributed by atoms with Crippen LogP contribution in [0.4, 0.5) is 0 Å². The molecule has 1 aliphatic rings. The highest BCUT2D eigenvalue weighted by Gasteiger charge is 2.17. The Hall–Kier alpha value is -0.670. The van der Waals surface area contributed by atoms with Gasteiger partial charge in [0.15, 0.2) is 5.78 Å². The van der Waals surface area contributed by atoms with E-state index in [0.717, 1.165) is 30.2 Å². The minimum Gasteiger partial charge on any atom is -0.373 e. The van der Waals surface area contributed by atoms with Gasteiger partial charge >= 0.3 is 0 Å². The fourth-order valence-corrected chi connectivity index (χ4v) is 2.86. The van der Waals surface area contributed by atoms with Crippen LogP contribution in [-0.2, 0) is 11.2 Å². The monoisotopic (exact) mass is 252 g/mol. The lowest BCUT2D eigenvalue weighted by Crippen LogP contribution is -2.15. The zero-order chi connectivity index (χ0) is 12.1. The molecule has 0 atom stereocenters. The highest BCUT2D eigenvalue weighted by molar-refractivity contribution is 7.14. The number of ether oxygens (including phenoxy) is 1. The summed E-state index contributed by atoms with van der Waals surface area (Å²) in [5.74, 6) is 0.988. The molecule has 0 radical (unpaired) electrons. The molecule has 0 amide bonds. The number of rotatable bonds is 7. The van der Waals surface area contributed by atoms with Crippen molar-refractivity contribution in [3.63, 3.8) is 0 Å². The molecule has 1 aromatic heterocycles. The summed E-state index contributed by atoms with van der Waals surface area (Å²) in [7, 11) is 0. The molecule has 3 heteroatoms. The van der Waals surface area contributed by atoms with Crippen LogP contribution < -0.4 is 0 Å². The summed E-state index contributed by atoms with van der Waals surface area (Å²) in [5.41, 5.74) is 0. The number of hydrogen-bond acceptors (Lipinski definition) is 3. The Bertz CT molecular complexity index is 366. The van der Waals surface area contributed by atoms with Crippen molar-refractivity contribution in [2.75, 3.05) is 13.2 Å². The number of ketones is 1. The summed E-state index contributed by atoms with van der Waals surface area (Å²) in [6.07, 6.45) is 6.20. The Morgan fingerprint density at radius 3 is 2.88 bits per heavy atom. The van der Waals surface area contributed by atoms with Crippen molar-refractivity contribution in [2.24, 2.45) is 5.92 Å². The largest absolute Gasteiger partial charge is 0.373 e. The van der Waals surface area contributed by atoms with Gasteiger partial charge in [0.2, 0.25) is 0 Å². The van der Waals surface area contributed by atoms with Crippen molar-refractivity contribution >= 4 is 17.1 Å². The lowest BCUT2D eigenvalue weighted by molar-refractivity contribution is 0.0708. The number of carbonyl (C=O) groups is 1. The van der Waals surface area contributed by atoms with Gasteiger partial charge in [0.1, 0.15) is 6.61 Å². The first-order valence-corrected chi connectivity index (χ1v) is 7.31. The predicted molar refractivity (Wildman–Crippen MR) is 70.8 cm³/mol. The third-order valence-corrected chi connectivity index (χ3v) is 4.68. The van der Waals surface area contributed by atoms with Crippen LogP contribution in [0.3, 0.4) is 0 Å². The van der Waals surface area contributed by atoms with Crippen molar-refractivity contribution in [2.45, 2.75) is 39.0 Å².